The second-order valence-corrected chi connectivity index (χ2v) is 6.63. The molecule has 3 rings (SSSR count). The summed E-state index contributed by atoms with van der Waals surface area (Å²) >= 11 is 0. The molecule has 5 nitrogen and oxygen atoms in total. The Morgan fingerprint density at radius 3 is 2.72 bits per heavy atom. The maximum atomic E-state index is 12.0. The van der Waals surface area contributed by atoms with Gasteiger partial charge in [-0.25, -0.2) is 9.97 Å². The number of hydrogen-bond donors (Lipinski definition) is 0. The number of nitrogens with zero attached hydrogens (tertiary/aromatic N) is 3. The van der Waals surface area contributed by atoms with Gasteiger partial charge in [-0.1, -0.05) is 30.3 Å². The second-order valence-electron chi connectivity index (χ2n) is 6.63. The van der Waals surface area contributed by atoms with Crippen molar-refractivity contribution in [2.75, 3.05) is 25.1 Å². The Balaban J connectivity index is 1.93. The first-order chi connectivity index (χ1) is 12.1. The molecule has 132 valence electrons. The van der Waals surface area contributed by atoms with Crippen LogP contribution in [-0.2, 0) is 16.0 Å². The van der Waals surface area contributed by atoms with Gasteiger partial charge < -0.3 is 9.64 Å². The molecule has 0 saturated carbocycles. The van der Waals surface area contributed by atoms with Crippen molar-refractivity contribution in [3.05, 3.63) is 53.0 Å². The summed E-state index contributed by atoms with van der Waals surface area (Å²) in [6, 6.07) is 10.4. The fourth-order valence-electron chi connectivity index (χ4n) is 3.51. The largest absolute Gasteiger partial charge is 0.469 e. The molecule has 5 heteroatoms. The van der Waals surface area contributed by atoms with Crippen LogP contribution in [0.25, 0.3) is 0 Å². The van der Waals surface area contributed by atoms with Gasteiger partial charge in [0.25, 0.3) is 0 Å². The number of methoxy groups -OCH3 is 1. The lowest BCUT2D eigenvalue weighted by Gasteiger charge is -2.33. The van der Waals surface area contributed by atoms with Crippen LogP contribution in [0.15, 0.2) is 30.3 Å². The zero-order valence-electron chi connectivity index (χ0n) is 15.2. The molecule has 1 aliphatic heterocycles. The van der Waals surface area contributed by atoms with Crippen LogP contribution in [0.4, 0.5) is 5.82 Å². The van der Waals surface area contributed by atoms with E-state index in [1.165, 1.54) is 12.7 Å². The van der Waals surface area contributed by atoms with Crippen LogP contribution in [0, 0.1) is 19.8 Å². The van der Waals surface area contributed by atoms with Crippen LogP contribution in [-0.4, -0.2) is 36.1 Å². The monoisotopic (exact) mass is 339 g/mol. The number of hydrogen-bond acceptors (Lipinski definition) is 5. The van der Waals surface area contributed by atoms with Crippen LogP contribution in [0.1, 0.15) is 35.5 Å². The lowest BCUT2D eigenvalue weighted by Crippen LogP contribution is -2.40. The molecule has 2 heterocycles. The molecule has 0 aliphatic carbocycles. The number of aryl methyl sites for hydroxylation is 2. The van der Waals surface area contributed by atoms with E-state index in [0.717, 1.165) is 48.7 Å². The van der Waals surface area contributed by atoms with Gasteiger partial charge in [-0.2, -0.15) is 0 Å². The SMILES string of the molecule is COC(=O)C1CCCN(c2nc(C)nc(C)c2Cc2ccccc2)C1. The highest BCUT2D eigenvalue weighted by molar-refractivity contribution is 5.73. The van der Waals surface area contributed by atoms with Crippen LogP contribution < -0.4 is 4.90 Å². The lowest BCUT2D eigenvalue weighted by molar-refractivity contribution is -0.145. The molecule has 25 heavy (non-hydrogen) atoms. The summed E-state index contributed by atoms with van der Waals surface area (Å²) in [7, 11) is 1.46. The molecule has 0 N–H and O–H groups in total. The van der Waals surface area contributed by atoms with E-state index in [1.807, 2.05) is 32.0 Å². The van der Waals surface area contributed by atoms with Gasteiger partial charge in [0.2, 0.25) is 0 Å². The molecule has 1 aromatic carbocycles. The van der Waals surface area contributed by atoms with Gasteiger partial charge >= 0.3 is 5.97 Å². The lowest BCUT2D eigenvalue weighted by atomic mass is 9.97. The highest BCUT2D eigenvalue weighted by Gasteiger charge is 2.29. The molecule has 1 fully saturated rings. The van der Waals surface area contributed by atoms with Crippen molar-refractivity contribution in [1.29, 1.82) is 0 Å². The second kappa shape index (κ2) is 7.64. The van der Waals surface area contributed by atoms with E-state index >= 15 is 0 Å². The standard InChI is InChI=1S/C20H25N3O2/c1-14-18(12-16-8-5-4-6-9-16)19(22-15(2)21-14)23-11-7-10-17(13-23)20(24)25-3/h4-6,8-9,17H,7,10-13H2,1-3H3. The third-order valence-electron chi connectivity index (χ3n) is 4.78. The summed E-state index contributed by atoms with van der Waals surface area (Å²) in [6.45, 7) is 5.53. The molecule has 1 atom stereocenters. The van der Waals surface area contributed by atoms with Crippen molar-refractivity contribution in [3.63, 3.8) is 0 Å². The van der Waals surface area contributed by atoms with E-state index in [1.54, 1.807) is 0 Å². The van der Waals surface area contributed by atoms with Crippen molar-refractivity contribution >= 4 is 11.8 Å². The fraction of sp³-hybridized carbons (Fsp3) is 0.450. The van der Waals surface area contributed by atoms with Gasteiger partial charge in [0.15, 0.2) is 0 Å². The van der Waals surface area contributed by atoms with Gasteiger partial charge in [0, 0.05) is 30.8 Å². The number of rotatable bonds is 4. The highest BCUT2D eigenvalue weighted by atomic mass is 16.5. The number of carbonyl (C=O) groups excluding carboxylic acids is 1. The predicted octanol–water partition coefficient (Wildman–Crippen LogP) is 3.07. The summed E-state index contributed by atoms with van der Waals surface area (Å²) in [4.78, 5) is 23.5. The Morgan fingerprint density at radius 2 is 2.00 bits per heavy atom. The van der Waals surface area contributed by atoms with Gasteiger partial charge in [-0.05, 0) is 32.3 Å². The minimum absolute atomic E-state index is 0.0843. The summed E-state index contributed by atoms with van der Waals surface area (Å²) in [5.41, 5.74) is 3.38. The number of piperidine rings is 1. The predicted molar refractivity (Wildman–Crippen MR) is 97.7 cm³/mol. The molecule has 2 aromatic rings. The Bertz CT molecular complexity index is 746. The van der Waals surface area contributed by atoms with E-state index in [-0.39, 0.29) is 11.9 Å². The highest BCUT2D eigenvalue weighted by Crippen LogP contribution is 2.28. The Morgan fingerprint density at radius 1 is 1.24 bits per heavy atom. The van der Waals surface area contributed by atoms with Crippen LogP contribution in [0.5, 0.6) is 0 Å². The molecule has 1 saturated heterocycles. The molecule has 1 aromatic heterocycles. The van der Waals surface area contributed by atoms with E-state index in [4.69, 9.17) is 9.72 Å². The Hall–Kier alpha value is -2.43. The maximum absolute atomic E-state index is 12.0. The third kappa shape index (κ3) is 3.98. The zero-order valence-corrected chi connectivity index (χ0v) is 15.2. The van der Waals surface area contributed by atoms with E-state index in [9.17, 15) is 4.79 Å². The van der Waals surface area contributed by atoms with Crippen LogP contribution >= 0.6 is 0 Å². The molecule has 0 radical (unpaired) electrons. The average Bonchev–Trinajstić information content (AvgIpc) is 2.64. The minimum atomic E-state index is -0.128. The van der Waals surface area contributed by atoms with Crippen molar-refractivity contribution in [1.82, 2.24) is 9.97 Å². The Labute approximate surface area is 149 Å². The molecule has 1 unspecified atom stereocenters. The van der Waals surface area contributed by atoms with E-state index < -0.39 is 0 Å². The van der Waals surface area contributed by atoms with Crippen molar-refractivity contribution < 1.29 is 9.53 Å². The molecule has 0 bridgehead atoms. The normalized spacial score (nSPS) is 17.4. The molecule has 0 spiro atoms. The number of anilines is 1. The summed E-state index contributed by atoms with van der Waals surface area (Å²) in [5, 5.41) is 0. The number of carbonyl (C=O) groups is 1. The topological polar surface area (TPSA) is 55.3 Å². The van der Waals surface area contributed by atoms with E-state index in [2.05, 4.69) is 22.0 Å². The summed E-state index contributed by atoms with van der Waals surface area (Å²) in [6.07, 6.45) is 2.63. The van der Waals surface area contributed by atoms with Gasteiger partial charge in [-0.15, -0.1) is 0 Å². The van der Waals surface area contributed by atoms with Crippen molar-refractivity contribution in [3.8, 4) is 0 Å². The summed E-state index contributed by atoms with van der Waals surface area (Å²) < 4.78 is 4.95. The van der Waals surface area contributed by atoms with Crippen molar-refractivity contribution in [2.45, 2.75) is 33.1 Å². The first kappa shape index (κ1) is 17.4. The number of benzene rings is 1. The summed E-state index contributed by atoms with van der Waals surface area (Å²) in [5.74, 6) is 1.52. The molecule has 1 aliphatic rings. The quantitative estimate of drug-likeness (QED) is 0.801. The smallest absolute Gasteiger partial charge is 0.310 e. The maximum Gasteiger partial charge on any atom is 0.310 e. The number of aromatic nitrogens is 2. The minimum Gasteiger partial charge on any atom is -0.469 e. The first-order valence-electron chi connectivity index (χ1n) is 8.79. The van der Waals surface area contributed by atoms with E-state index in [0.29, 0.717) is 6.54 Å². The van der Waals surface area contributed by atoms with Crippen molar-refractivity contribution in [2.24, 2.45) is 5.92 Å². The zero-order chi connectivity index (χ0) is 17.8. The molecular formula is C20H25N3O2. The Kier molecular flexibility index (Phi) is 5.31. The van der Waals surface area contributed by atoms with Gasteiger partial charge in [0.05, 0.1) is 13.0 Å². The molecular weight excluding hydrogens is 314 g/mol. The molecule has 0 amide bonds. The van der Waals surface area contributed by atoms with Crippen LogP contribution in [0.3, 0.4) is 0 Å². The first-order valence-corrected chi connectivity index (χ1v) is 8.79. The van der Waals surface area contributed by atoms with Gasteiger partial charge in [-0.3, -0.25) is 4.79 Å². The van der Waals surface area contributed by atoms with Crippen LogP contribution in [0.2, 0.25) is 0 Å². The number of ether oxygens (including phenoxy) is 1. The fourth-order valence-corrected chi connectivity index (χ4v) is 3.51. The number of esters is 1. The third-order valence-corrected chi connectivity index (χ3v) is 4.78. The average molecular weight is 339 g/mol. The van der Waals surface area contributed by atoms with Gasteiger partial charge in [0.1, 0.15) is 11.6 Å².